The van der Waals surface area contributed by atoms with E-state index < -0.39 is 17.2 Å². The van der Waals surface area contributed by atoms with Crippen LogP contribution in [0, 0.1) is 11.6 Å². The van der Waals surface area contributed by atoms with Crippen LogP contribution in [0.1, 0.15) is 32.5 Å². The summed E-state index contributed by atoms with van der Waals surface area (Å²) >= 11 is 7.16. The normalized spacial score (nSPS) is 11.9. The Hall–Kier alpha value is -2.78. The van der Waals surface area contributed by atoms with Crippen LogP contribution in [-0.4, -0.2) is 19.7 Å². The zero-order valence-electron chi connectivity index (χ0n) is 16.8. The summed E-state index contributed by atoms with van der Waals surface area (Å²) in [5.74, 6) is -0.546. The fraction of sp³-hybridized carbons (Fsp3) is 0.238. The minimum absolute atomic E-state index is 0.121. The third-order valence-corrected chi connectivity index (χ3v) is 5.57. The number of thioether (sulfide) groups is 1. The van der Waals surface area contributed by atoms with Crippen LogP contribution in [0.2, 0.25) is 5.02 Å². The van der Waals surface area contributed by atoms with Gasteiger partial charge < -0.3 is 4.52 Å². The van der Waals surface area contributed by atoms with Crippen molar-refractivity contribution in [1.82, 2.24) is 19.7 Å². The Kier molecular flexibility index (Phi) is 5.57. The van der Waals surface area contributed by atoms with Crippen LogP contribution >= 0.6 is 23.4 Å². The van der Waals surface area contributed by atoms with Crippen LogP contribution in [0.25, 0.3) is 16.6 Å². The zero-order chi connectivity index (χ0) is 22.3. The first-order valence-electron chi connectivity index (χ1n) is 9.27. The number of hydrogen-bond acceptors (Lipinski definition) is 6. The molecule has 31 heavy (non-hydrogen) atoms. The van der Waals surface area contributed by atoms with Crippen molar-refractivity contribution < 1.29 is 13.3 Å². The molecule has 0 aliphatic rings. The highest BCUT2D eigenvalue weighted by molar-refractivity contribution is 7.98. The van der Waals surface area contributed by atoms with E-state index in [0.29, 0.717) is 28.3 Å². The molecule has 0 atom stereocenters. The molecule has 0 saturated heterocycles. The van der Waals surface area contributed by atoms with Crippen molar-refractivity contribution in [2.24, 2.45) is 0 Å². The number of benzene rings is 2. The molecule has 0 unspecified atom stereocenters. The standard InChI is InChI=1S/C21H17ClF2N4O2S/c1-21(2,3)19-26-17(30-27-19)10-31-20-25-15-6-4-11(22)8-13(15)18(29)28(20)16-7-5-12(23)9-14(16)24/h4-9H,10H2,1-3H3. The van der Waals surface area contributed by atoms with Crippen LogP contribution in [0.5, 0.6) is 0 Å². The van der Waals surface area contributed by atoms with E-state index in [2.05, 4.69) is 15.1 Å². The average Bonchev–Trinajstić information content (AvgIpc) is 3.18. The van der Waals surface area contributed by atoms with Gasteiger partial charge in [-0.05, 0) is 30.3 Å². The van der Waals surface area contributed by atoms with E-state index in [4.69, 9.17) is 16.1 Å². The van der Waals surface area contributed by atoms with Crippen LogP contribution in [0.4, 0.5) is 8.78 Å². The molecule has 0 N–H and O–H groups in total. The van der Waals surface area contributed by atoms with E-state index in [9.17, 15) is 13.6 Å². The maximum Gasteiger partial charge on any atom is 0.266 e. The van der Waals surface area contributed by atoms with Crippen molar-refractivity contribution >= 4 is 34.3 Å². The van der Waals surface area contributed by atoms with Gasteiger partial charge in [0, 0.05) is 16.5 Å². The Morgan fingerprint density at radius 1 is 1.13 bits per heavy atom. The van der Waals surface area contributed by atoms with Crippen molar-refractivity contribution in [2.75, 3.05) is 0 Å². The molecule has 4 aromatic rings. The maximum absolute atomic E-state index is 14.6. The Morgan fingerprint density at radius 2 is 1.90 bits per heavy atom. The lowest BCUT2D eigenvalue weighted by Crippen LogP contribution is -2.23. The Labute approximate surface area is 185 Å². The number of aromatic nitrogens is 4. The minimum atomic E-state index is -0.889. The fourth-order valence-corrected chi connectivity index (χ4v) is 3.87. The molecule has 0 aliphatic carbocycles. The molecule has 0 radical (unpaired) electrons. The van der Waals surface area contributed by atoms with Crippen molar-refractivity contribution in [2.45, 2.75) is 37.1 Å². The first kappa shape index (κ1) is 21.5. The molecule has 2 aromatic carbocycles. The molecule has 160 valence electrons. The van der Waals surface area contributed by atoms with Gasteiger partial charge in [-0.1, -0.05) is 49.3 Å². The van der Waals surface area contributed by atoms with E-state index in [1.165, 1.54) is 12.1 Å². The van der Waals surface area contributed by atoms with Gasteiger partial charge in [-0.3, -0.25) is 9.36 Å². The van der Waals surface area contributed by atoms with E-state index in [-0.39, 0.29) is 27.4 Å². The van der Waals surface area contributed by atoms with Crippen LogP contribution in [0.3, 0.4) is 0 Å². The summed E-state index contributed by atoms with van der Waals surface area (Å²) in [7, 11) is 0. The third kappa shape index (κ3) is 4.33. The molecule has 0 aliphatic heterocycles. The summed E-state index contributed by atoms with van der Waals surface area (Å²) in [4.78, 5) is 22.1. The molecule has 2 aromatic heterocycles. The zero-order valence-corrected chi connectivity index (χ0v) is 18.4. The molecular weight excluding hydrogens is 446 g/mol. The second kappa shape index (κ2) is 8.05. The second-order valence-electron chi connectivity index (χ2n) is 7.84. The van der Waals surface area contributed by atoms with Gasteiger partial charge in [-0.15, -0.1) is 0 Å². The molecule has 0 saturated carbocycles. The summed E-state index contributed by atoms with van der Waals surface area (Å²) in [6.45, 7) is 5.87. The summed E-state index contributed by atoms with van der Waals surface area (Å²) in [5, 5.41) is 4.73. The lowest BCUT2D eigenvalue weighted by Gasteiger charge is -2.13. The predicted molar refractivity (Wildman–Crippen MR) is 115 cm³/mol. The number of nitrogens with zero attached hydrogens (tertiary/aromatic N) is 4. The van der Waals surface area contributed by atoms with E-state index in [1.807, 2.05) is 20.8 Å². The van der Waals surface area contributed by atoms with Crippen molar-refractivity contribution in [3.63, 3.8) is 0 Å². The Bertz CT molecular complexity index is 1350. The lowest BCUT2D eigenvalue weighted by atomic mass is 9.96. The molecule has 0 fully saturated rings. The van der Waals surface area contributed by atoms with E-state index in [1.54, 1.807) is 12.1 Å². The Balaban J connectivity index is 1.82. The van der Waals surface area contributed by atoms with Gasteiger partial charge in [-0.25, -0.2) is 13.8 Å². The molecule has 10 heteroatoms. The van der Waals surface area contributed by atoms with Gasteiger partial charge in [0.1, 0.15) is 11.6 Å². The summed E-state index contributed by atoms with van der Waals surface area (Å²) < 4.78 is 34.4. The highest BCUT2D eigenvalue weighted by Gasteiger charge is 2.22. The van der Waals surface area contributed by atoms with E-state index >= 15 is 0 Å². The van der Waals surface area contributed by atoms with Gasteiger partial charge in [0.15, 0.2) is 11.0 Å². The number of halogens is 3. The van der Waals surface area contributed by atoms with Crippen molar-refractivity contribution in [1.29, 1.82) is 0 Å². The molecule has 0 spiro atoms. The number of rotatable bonds is 4. The molecule has 6 nitrogen and oxygen atoms in total. The second-order valence-corrected chi connectivity index (χ2v) is 9.22. The van der Waals surface area contributed by atoms with Gasteiger partial charge in [0.25, 0.3) is 5.56 Å². The number of fused-ring (bicyclic) bond motifs is 1. The van der Waals surface area contributed by atoms with Crippen LogP contribution in [0.15, 0.2) is 50.9 Å². The molecule has 4 rings (SSSR count). The van der Waals surface area contributed by atoms with Gasteiger partial charge in [0.05, 0.1) is 22.3 Å². The van der Waals surface area contributed by atoms with Gasteiger partial charge in [-0.2, -0.15) is 4.98 Å². The first-order valence-corrected chi connectivity index (χ1v) is 10.6. The Morgan fingerprint density at radius 3 is 2.58 bits per heavy atom. The summed E-state index contributed by atoms with van der Waals surface area (Å²) in [5.41, 5.74) is -0.533. The molecule has 0 bridgehead atoms. The van der Waals surface area contributed by atoms with Crippen LogP contribution < -0.4 is 5.56 Å². The largest absolute Gasteiger partial charge is 0.338 e. The molecule has 0 amide bonds. The summed E-state index contributed by atoms with van der Waals surface area (Å²) in [6, 6.07) is 7.67. The monoisotopic (exact) mass is 462 g/mol. The molecule has 2 heterocycles. The summed E-state index contributed by atoms with van der Waals surface area (Å²) in [6.07, 6.45) is 0. The maximum atomic E-state index is 14.6. The lowest BCUT2D eigenvalue weighted by molar-refractivity contribution is 0.372. The molecular formula is C21H17ClF2N4O2S. The van der Waals surface area contributed by atoms with Gasteiger partial charge in [0.2, 0.25) is 5.89 Å². The number of hydrogen-bond donors (Lipinski definition) is 0. The highest BCUT2D eigenvalue weighted by Crippen LogP contribution is 2.27. The van der Waals surface area contributed by atoms with Crippen molar-refractivity contribution in [3.05, 3.63) is 75.1 Å². The minimum Gasteiger partial charge on any atom is -0.338 e. The highest BCUT2D eigenvalue weighted by atomic mass is 35.5. The smallest absolute Gasteiger partial charge is 0.266 e. The predicted octanol–water partition coefficient (Wildman–Crippen LogP) is 5.29. The average molecular weight is 463 g/mol. The fourth-order valence-electron chi connectivity index (χ4n) is 2.85. The first-order chi connectivity index (χ1) is 14.6. The quantitative estimate of drug-likeness (QED) is 0.303. The third-order valence-electron chi connectivity index (χ3n) is 4.41. The van der Waals surface area contributed by atoms with Crippen molar-refractivity contribution in [3.8, 4) is 5.69 Å². The SMILES string of the molecule is CC(C)(C)c1noc(CSc2nc3ccc(Cl)cc3c(=O)n2-c2ccc(F)cc2F)n1. The van der Waals surface area contributed by atoms with Gasteiger partial charge >= 0.3 is 0 Å². The van der Waals surface area contributed by atoms with E-state index in [0.717, 1.165) is 22.4 Å². The topological polar surface area (TPSA) is 73.8 Å². The van der Waals surface area contributed by atoms with Crippen LogP contribution in [-0.2, 0) is 11.2 Å².